The van der Waals surface area contributed by atoms with Gasteiger partial charge < -0.3 is 14.8 Å². The molecule has 1 saturated heterocycles. The van der Waals surface area contributed by atoms with Gasteiger partial charge in [-0.1, -0.05) is 6.07 Å². The zero-order valence-corrected chi connectivity index (χ0v) is 9.38. The second kappa shape index (κ2) is 4.40. The summed E-state index contributed by atoms with van der Waals surface area (Å²) in [5.41, 5.74) is -0.343. The number of amides is 1. The molecule has 2 rings (SSSR count). The van der Waals surface area contributed by atoms with Crippen molar-refractivity contribution in [3.63, 3.8) is 0 Å². The largest absolute Gasteiger partial charge is 0.496 e. The lowest BCUT2D eigenvalue weighted by atomic mass is 10.0. The fourth-order valence-electron chi connectivity index (χ4n) is 1.72. The minimum Gasteiger partial charge on any atom is -0.496 e. The van der Waals surface area contributed by atoms with Crippen LogP contribution in [0.5, 0.6) is 5.75 Å². The minimum atomic E-state index is -4.47. The predicted molar refractivity (Wildman–Crippen MR) is 55.2 cm³/mol. The van der Waals surface area contributed by atoms with Gasteiger partial charge in [0.25, 0.3) is 0 Å². The van der Waals surface area contributed by atoms with Crippen LogP contribution in [0.3, 0.4) is 0 Å². The van der Waals surface area contributed by atoms with Gasteiger partial charge >= 0.3 is 12.3 Å². The molecule has 1 heterocycles. The number of benzene rings is 1. The molecular weight excluding hydrogens is 251 g/mol. The van der Waals surface area contributed by atoms with E-state index in [-0.39, 0.29) is 12.4 Å². The average molecular weight is 261 g/mol. The molecule has 1 fully saturated rings. The highest BCUT2D eigenvalue weighted by molar-refractivity contribution is 5.70. The van der Waals surface area contributed by atoms with E-state index in [0.29, 0.717) is 5.56 Å². The maximum absolute atomic E-state index is 12.6. The first-order chi connectivity index (χ1) is 8.41. The van der Waals surface area contributed by atoms with Crippen LogP contribution in [-0.4, -0.2) is 19.8 Å². The molecule has 0 saturated carbocycles. The number of halogens is 3. The smallest absolute Gasteiger partial charge is 0.419 e. The van der Waals surface area contributed by atoms with E-state index in [9.17, 15) is 18.0 Å². The topological polar surface area (TPSA) is 47.6 Å². The second-order valence-corrected chi connectivity index (χ2v) is 3.75. The van der Waals surface area contributed by atoms with Crippen LogP contribution >= 0.6 is 0 Å². The molecule has 98 valence electrons. The highest BCUT2D eigenvalue weighted by Crippen LogP contribution is 2.37. The summed E-state index contributed by atoms with van der Waals surface area (Å²) in [5.74, 6) is -0.277. The molecule has 18 heavy (non-hydrogen) atoms. The fourth-order valence-corrected chi connectivity index (χ4v) is 1.72. The molecule has 7 heteroatoms. The summed E-state index contributed by atoms with van der Waals surface area (Å²) in [6.07, 6.45) is -5.06. The van der Waals surface area contributed by atoms with Crippen LogP contribution < -0.4 is 10.1 Å². The zero-order chi connectivity index (χ0) is 13.3. The van der Waals surface area contributed by atoms with Gasteiger partial charge in [0.05, 0.1) is 18.7 Å². The molecule has 1 unspecified atom stereocenters. The Hall–Kier alpha value is -1.92. The summed E-state index contributed by atoms with van der Waals surface area (Å²) in [7, 11) is 1.16. The van der Waals surface area contributed by atoms with Crippen molar-refractivity contribution >= 4 is 6.09 Å². The van der Waals surface area contributed by atoms with Crippen molar-refractivity contribution < 1.29 is 27.4 Å². The van der Waals surface area contributed by atoms with Crippen molar-refractivity contribution in [2.75, 3.05) is 13.7 Å². The van der Waals surface area contributed by atoms with Crippen molar-refractivity contribution in [1.82, 2.24) is 5.32 Å². The number of carbonyl (C=O) groups is 1. The van der Waals surface area contributed by atoms with Crippen LogP contribution in [0, 0.1) is 0 Å². The van der Waals surface area contributed by atoms with Crippen molar-refractivity contribution in [1.29, 1.82) is 0 Å². The molecule has 1 atom stereocenters. The van der Waals surface area contributed by atoms with Crippen LogP contribution in [0.25, 0.3) is 0 Å². The molecule has 1 amide bonds. The predicted octanol–water partition coefficient (Wildman–Crippen LogP) is 2.49. The highest BCUT2D eigenvalue weighted by atomic mass is 19.4. The Labute approximate surface area is 101 Å². The molecule has 1 aromatic carbocycles. The number of carbonyl (C=O) groups excluding carboxylic acids is 1. The van der Waals surface area contributed by atoms with Gasteiger partial charge in [-0.05, 0) is 17.7 Å². The lowest BCUT2D eigenvalue weighted by molar-refractivity contribution is -0.138. The number of cyclic esters (lactones) is 1. The number of ether oxygens (including phenoxy) is 2. The van der Waals surface area contributed by atoms with Gasteiger partial charge in [-0.3, -0.25) is 0 Å². The second-order valence-electron chi connectivity index (χ2n) is 3.75. The van der Waals surface area contributed by atoms with E-state index in [1.165, 1.54) is 12.1 Å². The van der Waals surface area contributed by atoms with E-state index >= 15 is 0 Å². The molecule has 1 N–H and O–H groups in total. The van der Waals surface area contributed by atoms with Crippen molar-refractivity contribution in [3.05, 3.63) is 29.3 Å². The number of alkyl carbamates (subject to hydrolysis) is 1. The Kier molecular flexibility index (Phi) is 3.06. The third-order valence-corrected chi connectivity index (χ3v) is 2.61. The number of hydrogen-bond acceptors (Lipinski definition) is 3. The van der Waals surface area contributed by atoms with Gasteiger partial charge in [0.15, 0.2) is 0 Å². The molecule has 1 aromatic rings. The third kappa shape index (κ3) is 2.34. The maximum Gasteiger partial charge on any atom is 0.419 e. The lowest BCUT2D eigenvalue weighted by Crippen LogP contribution is -2.18. The van der Waals surface area contributed by atoms with Gasteiger partial charge in [-0.25, -0.2) is 4.79 Å². The van der Waals surface area contributed by atoms with Crippen LogP contribution in [-0.2, 0) is 10.9 Å². The average Bonchev–Trinajstić information content (AvgIpc) is 2.74. The summed E-state index contributed by atoms with van der Waals surface area (Å²) >= 11 is 0. The van der Waals surface area contributed by atoms with Gasteiger partial charge in [0.2, 0.25) is 0 Å². The number of nitrogens with one attached hydrogen (secondary N) is 1. The highest BCUT2D eigenvalue weighted by Gasteiger charge is 2.35. The monoisotopic (exact) mass is 261 g/mol. The number of alkyl halides is 3. The number of hydrogen-bond donors (Lipinski definition) is 1. The Bertz CT molecular complexity index is 473. The van der Waals surface area contributed by atoms with Crippen molar-refractivity contribution in [2.24, 2.45) is 0 Å². The molecule has 0 spiro atoms. The normalized spacial score (nSPS) is 19.3. The van der Waals surface area contributed by atoms with E-state index < -0.39 is 23.9 Å². The molecule has 0 radical (unpaired) electrons. The van der Waals surface area contributed by atoms with E-state index in [1.807, 2.05) is 0 Å². The maximum atomic E-state index is 12.6. The van der Waals surface area contributed by atoms with Crippen LogP contribution in [0.4, 0.5) is 18.0 Å². The van der Waals surface area contributed by atoms with E-state index in [1.54, 1.807) is 0 Å². The van der Waals surface area contributed by atoms with Crippen LogP contribution in [0.1, 0.15) is 17.2 Å². The summed E-state index contributed by atoms with van der Waals surface area (Å²) in [4.78, 5) is 10.9. The van der Waals surface area contributed by atoms with Crippen LogP contribution in [0.15, 0.2) is 18.2 Å². The molecule has 1 aliphatic rings. The third-order valence-electron chi connectivity index (χ3n) is 2.61. The standard InChI is InChI=1S/C11H10F3NO3/c1-17-9-4-6(8-5-18-10(16)15-8)2-3-7(9)11(12,13)14/h2-4,8H,5H2,1H3,(H,15,16). The Balaban J connectivity index is 2.33. The van der Waals surface area contributed by atoms with Crippen LogP contribution in [0.2, 0.25) is 0 Å². The number of rotatable bonds is 2. The lowest BCUT2D eigenvalue weighted by Gasteiger charge is -2.15. The Morgan fingerprint density at radius 1 is 1.44 bits per heavy atom. The van der Waals surface area contributed by atoms with Gasteiger partial charge in [0, 0.05) is 0 Å². The first-order valence-electron chi connectivity index (χ1n) is 5.10. The molecular formula is C11H10F3NO3. The van der Waals surface area contributed by atoms with Crippen molar-refractivity contribution in [2.45, 2.75) is 12.2 Å². The van der Waals surface area contributed by atoms with Crippen molar-refractivity contribution in [3.8, 4) is 5.75 Å². The Morgan fingerprint density at radius 3 is 2.67 bits per heavy atom. The molecule has 1 aliphatic heterocycles. The summed E-state index contributed by atoms with van der Waals surface area (Å²) in [6, 6.07) is 3.03. The molecule has 0 aliphatic carbocycles. The van der Waals surface area contributed by atoms with Gasteiger partial charge in [0.1, 0.15) is 12.4 Å². The first-order valence-corrected chi connectivity index (χ1v) is 5.10. The van der Waals surface area contributed by atoms with E-state index in [4.69, 9.17) is 4.74 Å². The van der Waals surface area contributed by atoms with E-state index in [0.717, 1.165) is 13.2 Å². The van der Waals surface area contributed by atoms with Gasteiger partial charge in [-0.15, -0.1) is 0 Å². The first kappa shape index (κ1) is 12.5. The van der Waals surface area contributed by atoms with Gasteiger partial charge in [-0.2, -0.15) is 13.2 Å². The molecule has 4 nitrogen and oxygen atoms in total. The SMILES string of the molecule is COc1cc(C2COC(=O)N2)ccc1C(F)(F)F. The molecule has 0 bridgehead atoms. The summed E-state index contributed by atoms with van der Waals surface area (Å²) < 4.78 is 47.3. The zero-order valence-electron chi connectivity index (χ0n) is 9.38. The Morgan fingerprint density at radius 2 is 2.17 bits per heavy atom. The fraction of sp³-hybridized carbons (Fsp3) is 0.364. The number of methoxy groups -OCH3 is 1. The summed E-state index contributed by atoms with van der Waals surface area (Å²) in [5, 5.41) is 2.48. The molecule has 0 aromatic heterocycles. The summed E-state index contributed by atoms with van der Waals surface area (Å²) in [6.45, 7) is 0.0906. The van der Waals surface area contributed by atoms with E-state index in [2.05, 4.69) is 10.1 Å². The quantitative estimate of drug-likeness (QED) is 0.889. The minimum absolute atomic E-state index is 0.0906.